The molecule has 3 aliphatic rings. The van der Waals surface area contributed by atoms with Gasteiger partial charge in [-0.05, 0) is 88.1 Å². The summed E-state index contributed by atoms with van der Waals surface area (Å²) in [5.74, 6) is -0.987. The maximum atomic E-state index is 14.4. The van der Waals surface area contributed by atoms with Crippen LogP contribution in [0.4, 0.5) is 8.78 Å². The van der Waals surface area contributed by atoms with Crippen LogP contribution < -0.4 is 0 Å². The Balaban J connectivity index is 1.18. The summed E-state index contributed by atoms with van der Waals surface area (Å²) in [5.41, 5.74) is 1.66. The smallest absolute Gasteiger partial charge is 0.194 e. The zero-order valence-corrected chi connectivity index (χ0v) is 27.4. The average molecular weight is 637 g/mol. The summed E-state index contributed by atoms with van der Waals surface area (Å²) in [6.07, 6.45) is 6.33. The Hall–Kier alpha value is -2.95. The molecule has 0 bridgehead atoms. The monoisotopic (exact) mass is 636 g/mol. The van der Waals surface area contributed by atoms with Crippen molar-refractivity contribution < 1.29 is 23.5 Å². The lowest BCUT2D eigenvalue weighted by Gasteiger charge is -2.54. The molecule has 2 aromatic heterocycles. The second-order valence-corrected chi connectivity index (χ2v) is 15.7. The van der Waals surface area contributed by atoms with Crippen molar-refractivity contribution in [2.75, 3.05) is 13.1 Å². The quantitative estimate of drug-likeness (QED) is 0.227. The molecule has 2 saturated carbocycles. The molecular weight excluding hydrogens is 594 g/mol. The number of carbonyl (C=O) groups is 2. The van der Waals surface area contributed by atoms with E-state index >= 15 is 0 Å². The van der Waals surface area contributed by atoms with Gasteiger partial charge in [-0.25, -0.2) is 8.78 Å². The van der Waals surface area contributed by atoms with Gasteiger partial charge >= 0.3 is 0 Å². The first-order valence-electron chi connectivity index (χ1n) is 16.0. The minimum Gasteiger partial charge on any atom is -0.390 e. The minimum absolute atomic E-state index is 0.0951. The van der Waals surface area contributed by atoms with Crippen molar-refractivity contribution in [3.8, 4) is 10.6 Å². The summed E-state index contributed by atoms with van der Waals surface area (Å²) in [5, 5.41) is 18.9. The highest BCUT2D eigenvalue weighted by Crippen LogP contribution is 2.45. The highest BCUT2D eigenvalue weighted by molar-refractivity contribution is 7.16. The van der Waals surface area contributed by atoms with Gasteiger partial charge in [0.2, 0.25) is 0 Å². The number of hydrogen-bond acceptors (Lipinski definition) is 8. The molecule has 1 saturated heterocycles. The summed E-state index contributed by atoms with van der Waals surface area (Å²) >= 11 is 0.985. The Morgan fingerprint density at radius 2 is 1.76 bits per heavy atom. The van der Waals surface area contributed by atoms with Crippen molar-refractivity contribution in [3.63, 3.8) is 0 Å². The van der Waals surface area contributed by atoms with Crippen molar-refractivity contribution in [1.29, 1.82) is 0 Å². The highest BCUT2D eigenvalue weighted by Gasteiger charge is 2.49. The number of carbonyl (C=O) groups excluding carboxylic acids is 2. The molecule has 7 nitrogen and oxygen atoms in total. The van der Waals surface area contributed by atoms with Crippen LogP contribution in [0.2, 0.25) is 0 Å². The van der Waals surface area contributed by atoms with Gasteiger partial charge in [-0.2, -0.15) is 0 Å². The van der Waals surface area contributed by atoms with Crippen LogP contribution in [-0.2, 0) is 10.2 Å². The Morgan fingerprint density at radius 3 is 2.42 bits per heavy atom. The topological polar surface area (TPSA) is 96.3 Å². The second kappa shape index (κ2) is 12.0. The Bertz CT molecular complexity index is 1600. The van der Waals surface area contributed by atoms with Crippen LogP contribution >= 0.6 is 11.3 Å². The van der Waals surface area contributed by atoms with Crippen LogP contribution in [0.3, 0.4) is 0 Å². The molecule has 2 aliphatic carbocycles. The fourth-order valence-corrected chi connectivity index (χ4v) is 8.04. The first kappa shape index (κ1) is 32.0. The number of aromatic nitrogens is 3. The van der Waals surface area contributed by atoms with Crippen molar-refractivity contribution in [2.45, 2.75) is 108 Å². The van der Waals surface area contributed by atoms with Crippen LogP contribution in [0.1, 0.15) is 111 Å². The number of halogens is 2. The van der Waals surface area contributed by atoms with E-state index in [2.05, 4.69) is 41.1 Å². The number of aryl methyl sites for hydroxylation is 1. The van der Waals surface area contributed by atoms with E-state index in [0.717, 1.165) is 60.5 Å². The predicted octanol–water partition coefficient (Wildman–Crippen LogP) is 6.96. The molecule has 45 heavy (non-hydrogen) atoms. The number of aliphatic hydroxyl groups is 1. The largest absolute Gasteiger partial charge is 0.390 e. The van der Waals surface area contributed by atoms with Gasteiger partial charge < -0.3 is 5.11 Å². The average Bonchev–Trinajstić information content (AvgIpc) is 3.67. The number of benzene rings is 1. The van der Waals surface area contributed by atoms with E-state index in [1.54, 1.807) is 0 Å². The van der Waals surface area contributed by atoms with E-state index in [9.17, 15) is 23.5 Å². The fraction of sp³-hybridized carbons (Fsp3) is 0.571. The molecule has 3 heterocycles. The molecular formula is C35H42F2N4O3S. The normalized spacial score (nSPS) is 23.5. The molecule has 1 aliphatic heterocycles. The van der Waals surface area contributed by atoms with E-state index < -0.39 is 28.1 Å². The Labute approximate surface area is 267 Å². The van der Waals surface area contributed by atoms with Gasteiger partial charge in [-0.15, -0.1) is 10.2 Å². The van der Waals surface area contributed by atoms with Crippen molar-refractivity contribution in [1.82, 2.24) is 20.1 Å². The fourth-order valence-electron chi connectivity index (χ4n) is 7.23. The van der Waals surface area contributed by atoms with E-state index in [1.165, 1.54) is 24.5 Å². The third-order valence-electron chi connectivity index (χ3n) is 9.92. The van der Waals surface area contributed by atoms with Crippen molar-refractivity contribution >= 4 is 22.9 Å². The number of rotatable bonds is 11. The lowest BCUT2D eigenvalue weighted by Crippen LogP contribution is -2.62. The molecule has 0 atom stereocenters. The standard InChI is InChI=1S/C35H42F2N4O3S/c1-21-13-23(22-5-6-22)14-30(38-21)33(2,3)16-26(42)17-35(19-41(20-35)25-9-11-34(4,44)12-10-25)18-29(43)32-40-39-31(45-32)27-8-7-24(36)15-28(27)37/h7-8,13-15,22,25,44H,5-6,9-12,16-20H2,1-4H3. The molecule has 6 rings (SSSR count). The van der Waals surface area contributed by atoms with Gasteiger partial charge in [-0.1, -0.05) is 25.2 Å². The Kier molecular flexibility index (Phi) is 8.54. The molecule has 0 spiro atoms. The van der Waals surface area contributed by atoms with Gasteiger partial charge in [0.25, 0.3) is 0 Å². The van der Waals surface area contributed by atoms with Crippen LogP contribution in [-0.4, -0.2) is 61.5 Å². The molecule has 0 amide bonds. The molecule has 0 unspecified atom stereocenters. The van der Waals surface area contributed by atoms with Crippen LogP contribution in [0.25, 0.3) is 10.6 Å². The SMILES string of the molecule is Cc1cc(C2CC2)cc(C(C)(C)CC(=O)CC2(CC(=O)c3nnc(-c4ccc(F)cc4F)s3)CN(C3CCC(C)(O)CC3)C2)n1. The molecule has 3 aromatic rings. The van der Waals surface area contributed by atoms with Gasteiger partial charge in [-0.3, -0.25) is 19.5 Å². The zero-order valence-electron chi connectivity index (χ0n) is 26.5. The Morgan fingerprint density at radius 1 is 1.04 bits per heavy atom. The maximum absolute atomic E-state index is 14.4. The van der Waals surface area contributed by atoms with Gasteiger partial charge in [0.15, 0.2) is 15.8 Å². The van der Waals surface area contributed by atoms with Crippen LogP contribution in [0.5, 0.6) is 0 Å². The second-order valence-electron chi connectivity index (χ2n) is 14.7. The lowest BCUT2D eigenvalue weighted by molar-refractivity contribution is -0.128. The minimum atomic E-state index is -0.761. The summed E-state index contributed by atoms with van der Waals surface area (Å²) < 4.78 is 27.8. The predicted molar refractivity (Wildman–Crippen MR) is 169 cm³/mol. The van der Waals surface area contributed by atoms with E-state index in [0.29, 0.717) is 31.5 Å². The molecule has 0 radical (unpaired) electrons. The van der Waals surface area contributed by atoms with Gasteiger partial charge in [0.1, 0.15) is 17.4 Å². The number of Topliss-reactive ketones (excluding diaryl/α,β-unsaturated/α-hetero) is 2. The number of likely N-dealkylation sites (tertiary alicyclic amines) is 1. The van der Waals surface area contributed by atoms with Crippen molar-refractivity contribution in [3.05, 3.63) is 63.9 Å². The van der Waals surface area contributed by atoms with Gasteiger partial charge in [0, 0.05) is 72.2 Å². The summed E-state index contributed by atoms with van der Waals surface area (Å²) in [4.78, 5) is 34.6. The molecule has 240 valence electrons. The van der Waals surface area contributed by atoms with Crippen molar-refractivity contribution in [2.24, 2.45) is 5.41 Å². The first-order chi connectivity index (χ1) is 21.2. The third-order valence-corrected chi connectivity index (χ3v) is 10.9. The molecule has 1 N–H and O–H groups in total. The van der Waals surface area contributed by atoms with E-state index in [4.69, 9.17) is 4.98 Å². The summed E-state index contributed by atoms with van der Waals surface area (Å²) in [7, 11) is 0. The molecule has 10 heteroatoms. The zero-order chi connectivity index (χ0) is 32.1. The molecule has 3 fully saturated rings. The van der Waals surface area contributed by atoms with Gasteiger partial charge in [0.05, 0.1) is 5.60 Å². The third kappa shape index (κ3) is 7.23. The van der Waals surface area contributed by atoms with E-state index in [1.807, 2.05) is 13.8 Å². The number of nitrogens with zero attached hydrogens (tertiary/aromatic N) is 4. The molecule has 1 aromatic carbocycles. The first-order valence-corrected chi connectivity index (χ1v) is 16.8. The van der Waals surface area contributed by atoms with E-state index in [-0.39, 0.29) is 40.0 Å². The summed E-state index contributed by atoms with van der Waals surface area (Å²) in [6.45, 7) is 9.26. The summed E-state index contributed by atoms with van der Waals surface area (Å²) in [6, 6.07) is 7.85. The maximum Gasteiger partial charge on any atom is 0.194 e. The highest BCUT2D eigenvalue weighted by atomic mass is 32.1. The number of hydrogen-bond donors (Lipinski definition) is 1. The van der Waals surface area contributed by atoms with Crippen LogP contribution in [0, 0.1) is 24.0 Å². The number of pyridine rings is 1. The lowest BCUT2D eigenvalue weighted by atomic mass is 9.68. The number of ketones is 2. The van der Waals surface area contributed by atoms with Crippen LogP contribution in [0.15, 0.2) is 30.3 Å².